The van der Waals surface area contributed by atoms with E-state index in [1.807, 2.05) is 6.92 Å². The van der Waals surface area contributed by atoms with Crippen molar-refractivity contribution in [3.63, 3.8) is 0 Å². The standard InChI is InChI=1S/C23H20F4N4O/c1-14-3-6-17(11-16(14)7-4-15-5-8-18(21(24)25)28-13-15)22(32)29-20-12-19-23(26,27)9-2-10-31(19)30-20/h3,5-6,8,11-13,18,21,28H,2,9-10H2,1H3,(H,29,30,32). The van der Waals surface area contributed by atoms with Crippen molar-refractivity contribution >= 4 is 11.7 Å². The van der Waals surface area contributed by atoms with E-state index in [0.29, 0.717) is 29.7 Å². The monoisotopic (exact) mass is 444 g/mol. The Labute approximate surface area is 182 Å². The second-order valence-electron chi connectivity index (χ2n) is 7.67. The summed E-state index contributed by atoms with van der Waals surface area (Å²) in [5.74, 6) is 2.43. The van der Waals surface area contributed by atoms with Crippen LogP contribution in [0.2, 0.25) is 0 Å². The number of alkyl halides is 4. The lowest BCUT2D eigenvalue weighted by atomic mass is 10.0. The van der Waals surface area contributed by atoms with Gasteiger partial charge in [0.05, 0.1) is 0 Å². The first-order valence-electron chi connectivity index (χ1n) is 10.1. The van der Waals surface area contributed by atoms with Crippen molar-refractivity contribution in [2.24, 2.45) is 0 Å². The maximum Gasteiger partial charge on any atom is 0.289 e. The Bertz CT molecular complexity index is 1170. The number of nitrogens with one attached hydrogen (secondary N) is 2. The number of nitrogens with zero attached hydrogens (tertiary/aromatic N) is 2. The van der Waals surface area contributed by atoms with Gasteiger partial charge >= 0.3 is 0 Å². The molecule has 4 rings (SSSR count). The van der Waals surface area contributed by atoms with Gasteiger partial charge in [0.1, 0.15) is 11.7 Å². The van der Waals surface area contributed by atoms with Crippen molar-refractivity contribution in [3.8, 4) is 11.8 Å². The fourth-order valence-corrected chi connectivity index (χ4v) is 3.48. The molecule has 1 atom stereocenters. The van der Waals surface area contributed by atoms with Crippen LogP contribution in [0.25, 0.3) is 0 Å². The van der Waals surface area contributed by atoms with Crippen LogP contribution in [0, 0.1) is 18.8 Å². The van der Waals surface area contributed by atoms with Crippen LogP contribution in [0.4, 0.5) is 23.4 Å². The third kappa shape index (κ3) is 4.54. The first kappa shape index (κ1) is 21.7. The Morgan fingerprint density at radius 2 is 2.12 bits per heavy atom. The number of aromatic nitrogens is 2. The minimum Gasteiger partial charge on any atom is -0.378 e. The van der Waals surface area contributed by atoms with Gasteiger partial charge in [-0.2, -0.15) is 13.9 Å². The summed E-state index contributed by atoms with van der Waals surface area (Å²) >= 11 is 0. The third-order valence-corrected chi connectivity index (χ3v) is 5.28. The molecule has 3 heterocycles. The third-order valence-electron chi connectivity index (χ3n) is 5.28. The predicted octanol–water partition coefficient (Wildman–Crippen LogP) is 4.36. The molecule has 1 unspecified atom stereocenters. The number of benzene rings is 1. The van der Waals surface area contributed by atoms with Crippen LogP contribution in [0.1, 0.15) is 40.0 Å². The van der Waals surface area contributed by atoms with Gasteiger partial charge in [0, 0.05) is 41.9 Å². The number of halogens is 4. The number of amides is 1. The van der Waals surface area contributed by atoms with E-state index in [9.17, 15) is 22.4 Å². The van der Waals surface area contributed by atoms with Gasteiger partial charge in [0.25, 0.3) is 18.3 Å². The molecule has 0 fully saturated rings. The van der Waals surface area contributed by atoms with Gasteiger partial charge in [0.2, 0.25) is 0 Å². The quantitative estimate of drug-likeness (QED) is 0.547. The maximum absolute atomic E-state index is 14.0. The largest absolute Gasteiger partial charge is 0.378 e. The maximum atomic E-state index is 14.0. The molecule has 2 N–H and O–H groups in total. The van der Waals surface area contributed by atoms with E-state index in [1.54, 1.807) is 18.2 Å². The Hall–Kier alpha value is -3.54. The lowest BCUT2D eigenvalue weighted by Crippen LogP contribution is -2.31. The molecule has 166 valence electrons. The molecule has 0 aliphatic carbocycles. The molecule has 2 aliphatic rings. The summed E-state index contributed by atoms with van der Waals surface area (Å²) in [5.41, 5.74) is 2.02. The van der Waals surface area contributed by atoms with E-state index in [0.717, 1.165) is 5.56 Å². The zero-order valence-electron chi connectivity index (χ0n) is 17.1. The minimum atomic E-state index is -2.96. The van der Waals surface area contributed by atoms with E-state index in [4.69, 9.17) is 0 Å². The van der Waals surface area contributed by atoms with Gasteiger partial charge in [-0.25, -0.2) is 8.78 Å². The Morgan fingerprint density at radius 1 is 1.31 bits per heavy atom. The predicted molar refractivity (Wildman–Crippen MR) is 112 cm³/mol. The zero-order chi connectivity index (χ0) is 22.9. The van der Waals surface area contributed by atoms with E-state index < -0.39 is 24.3 Å². The molecule has 0 bridgehead atoms. The molecule has 9 heteroatoms. The number of carbonyl (C=O) groups excluding carboxylic acids is 1. The number of hydrogen-bond donors (Lipinski definition) is 2. The van der Waals surface area contributed by atoms with E-state index in [-0.39, 0.29) is 17.9 Å². The molecule has 2 aromatic rings. The van der Waals surface area contributed by atoms with Crippen LogP contribution in [0.3, 0.4) is 0 Å². The van der Waals surface area contributed by atoms with Gasteiger partial charge in [-0.1, -0.05) is 24.0 Å². The van der Waals surface area contributed by atoms with E-state index >= 15 is 0 Å². The van der Waals surface area contributed by atoms with Crippen molar-refractivity contribution in [3.05, 3.63) is 70.6 Å². The zero-order valence-corrected chi connectivity index (χ0v) is 17.1. The van der Waals surface area contributed by atoms with Crippen molar-refractivity contribution in [1.82, 2.24) is 15.1 Å². The summed E-state index contributed by atoms with van der Waals surface area (Å²) in [6.07, 6.45) is 1.85. The fraction of sp³-hybridized carbons (Fsp3) is 0.304. The summed E-state index contributed by atoms with van der Waals surface area (Å²) in [7, 11) is 0. The lowest BCUT2D eigenvalue weighted by molar-refractivity contribution is -0.0364. The fourth-order valence-electron chi connectivity index (χ4n) is 3.48. The van der Waals surface area contributed by atoms with Crippen LogP contribution in [-0.2, 0) is 12.5 Å². The second kappa shape index (κ2) is 8.54. The molecule has 2 aliphatic heterocycles. The van der Waals surface area contributed by atoms with Crippen molar-refractivity contribution in [2.45, 2.75) is 44.7 Å². The molecule has 0 radical (unpaired) electrons. The van der Waals surface area contributed by atoms with Crippen molar-refractivity contribution in [1.29, 1.82) is 0 Å². The van der Waals surface area contributed by atoms with Gasteiger partial charge in [-0.15, -0.1) is 0 Å². The highest BCUT2D eigenvalue weighted by Crippen LogP contribution is 2.37. The van der Waals surface area contributed by atoms with Crippen molar-refractivity contribution < 1.29 is 22.4 Å². The number of hydrogen-bond acceptors (Lipinski definition) is 3. The van der Waals surface area contributed by atoms with Crippen LogP contribution in [0.15, 0.2) is 48.2 Å². The van der Waals surface area contributed by atoms with Gasteiger partial charge < -0.3 is 10.6 Å². The van der Waals surface area contributed by atoms with Gasteiger partial charge in [-0.05, 0) is 37.1 Å². The number of aryl methyl sites for hydroxylation is 2. The lowest BCUT2D eigenvalue weighted by Gasteiger charge is -2.22. The molecule has 0 saturated carbocycles. The van der Waals surface area contributed by atoms with Crippen LogP contribution < -0.4 is 10.6 Å². The molecular formula is C23H20F4N4O. The number of dihydropyridines is 1. The van der Waals surface area contributed by atoms with Crippen LogP contribution in [-0.4, -0.2) is 28.2 Å². The summed E-state index contributed by atoms with van der Waals surface area (Å²) in [6.45, 7) is 2.20. The van der Waals surface area contributed by atoms with Crippen LogP contribution >= 0.6 is 0 Å². The smallest absolute Gasteiger partial charge is 0.289 e. The SMILES string of the molecule is Cc1ccc(C(=O)Nc2cc3n(n2)CCCC3(F)F)cc1C#CC1=CNC(C(F)F)C=C1. The summed E-state index contributed by atoms with van der Waals surface area (Å²) in [4.78, 5) is 12.7. The molecular weight excluding hydrogens is 424 g/mol. The van der Waals surface area contributed by atoms with E-state index in [1.165, 1.54) is 29.1 Å². The topological polar surface area (TPSA) is 59.0 Å². The average molecular weight is 444 g/mol. The molecule has 0 saturated heterocycles. The van der Waals surface area contributed by atoms with Crippen LogP contribution in [0.5, 0.6) is 0 Å². The highest BCUT2D eigenvalue weighted by molar-refractivity contribution is 6.04. The highest BCUT2D eigenvalue weighted by Gasteiger charge is 2.38. The van der Waals surface area contributed by atoms with E-state index in [2.05, 4.69) is 27.6 Å². The second-order valence-corrected chi connectivity index (χ2v) is 7.67. The van der Waals surface area contributed by atoms with Crippen molar-refractivity contribution in [2.75, 3.05) is 5.32 Å². The molecule has 1 aromatic heterocycles. The molecule has 0 spiro atoms. The van der Waals surface area contributed by atoms with Gasteiger partial charge in [0.15, 0.2) is 5.82 Å². The number of anilines is 1. The molecule has 1 aromatic carbocycles. The Morgan fingerprint density at radius 3 is 2.81 bits per heavy atom. The summed E-state index contributed by atoms with van der Waals surface area (Å²) < 4.78 is 54.6. The molecule has 32 heavy (non-hydrogen) atoms. The normalized spacial score (nSPS) is 18.8. The summed E-state index contributed by atoms with van der Waals surface area (Å²) in [6, 6.07) is 5.08. The number of carbonyl (C=O) groups is 1. The number of fused-ring (bicyclic) bond motifs is 1. The average Bonchev–Trinajstić information content (AvgIpc) is 3.17. The Balaban J connectivity index is 1.50. The first-order valence-corrected chi connectivity index (χ1v) is 10.1. The van der Waals surface area contributed by atoms with Gasteiger partial charge in [-0.3, -0.25) is 9.48 Å². The first-order chi connectivity index (χ1) is 15.2. The molecule has 1 amide bonds. The summed E-state index contributed by atoms with van der Waals surface area (Å²) in [5, 5.41) is 9.21. The highest BCUT2D eigenvalue weighted by atomic mass is 19.3. The number of rotatable bonds is 3. The minimum absolute atomic E-state index is 0.0666. The number of allylic oxidation sites excluding steroid dienone is 2. The Kier molecular flexibility index (Phi) is 5.78. The molecule has 5 nitrogen and oxygen atoms in total.